The molecular formula is C33H43ClFNO3. The van der Waals surface area contributed by atoms with E-state index in [1.807, 2.05) is 0 Å². The molecule has 0 aliphatic carbocycles. The molecule has 4 nitrogen and oxygen atoms in total. The van der Waals surface area contributed by atoms with E-state index >= 15 is 0 Å². The van der Waals surface area contributed by atoms with Crippen molar-refractivity contribution in [3.05, 3.63) is 76.1 Å². The highest BCUT2D eigenvalue weighted by Crippen LogP contribution is 2.40. The Kier molecular flexibility index (Phi) is 13.0. The van der Waals surface area contributed by atoms with Crippen molar-refractivity contribution < 1.29 is 19.1 Å². The van der Waals surface area contributed by atoms with E-state index in [-0.39, 0.29) is 16.9 Å². The van der Waals surface area contributed by atoms with Crippen LogP contribution in [0.1, 0.15) is 114 Å². The van der Waals surface area contributed by atoms with E-state index in [1.165, 1.54) is 75.2 Å². The van der Waals surface area contributed by atoms with Gasteiger partial charge in [0, 0.05) is 22.7 Å². The van der Waals surface area contributed by atoms with Crippen molar-refractivity contribution in [1.82, 2.24) is 4.90 Å². The number of rotatable bonds is 17. The summed E-state index contributed by atoms with van der Waals surface area (Å²) in [4.78, 5) is 27.6. The van der Waals surface area contributed by atoms with E-state index in [0.29, 0.717) is 17.1 Å². The minimum Gasteiger partial charge on any atom is -0.507 e. The second-order valence-corrected chi connectivity index (χ2v) is 11.1. The summed E-state index contributed by atoms with van der Waals surface area (Å²) < 4.78 is 14.9. The molecule has 0 unspecified atom stereocenters. The van der Waals surface area contributed by atoms with Crippen molar-refractivity contribution in [1.29, 1.82) is 0 Å². The fraction of sp³-hybridized carbons (Fsp3) is 0.515. The Bertz CT molecular complexity index is 1100. The summed E-state index contributed by atoms with van der Waals surface area (Å²) in [7, 11) is 0. The third-order valence-corrected chi connectivity index (χ3v) is 7.86. The van der Waals surface area contributed by atoms with Gasteiger partial charge in [-0.1, -0.05) is 120 Å². The van der Waals surface area contributed by atoms with Crippen molar-refractivity contribution in [2.75, 3.05) is 6.54 Å². The normalized spacial score (nSPS) is 16.8. The Hall–Kier alpha value is -2.66. The van der Waals surface area contributed by atoms with Gasteiger partial charge in [-0.3, -0.25) is 9.59 Å². The van der Waals surface area contributed by atoms with E-state index in [1.54, 1.807) is 42.5 Å². The number of hydrogen-bond donors (Lipinski definition) is 1. The zero-order valence-corrected chi connectivity index (χ0v) is 24.0. The fourth-order valence-electron chi connectivity index (χ4n) is 5.37. The molecule has 1 aliphatic heterocycles. The van der Waals surface area contributed by atoms with E-state index in [4.69, 9.17) is 11.6 Å². The smallest absolute Gasteiger partial charge is 0.295 e. The van der Waals surface area contributed by atoms with E-state index in [0.717, 1.165) is 25.7 Å². The van der Waals surface area contributed by atoms with Gasteiger partial charge in [-0.05, 0) is 36.8 Å². The molecule has 2 aromatic carbocycles. The number of aliphatic hydroxyl groups excluding tert-OH is 1. The average molecular weight is 556 g/mol. The van der Waals surface area contributed by atoms with Gasteiger partial charge in [-0.25, -0.2) is 4.39 Å². The second kappa shape index (κ2) is 16.4. The zero-order chi connectivity index (χ0) is 28.0. The lowest BCUT2D eigenvalue weighted by molar-refractivity contribution is -0.140. The highest BCUT2D eigenvalue weighted by atomic mass is 35.5. The lowest BCUT2D eigenvalue weighted by atomic mass is 9.95. The molecule has 0 saturated carbocycles. The molecule has 1 saturated heterocycles. The van der Waals surface area contributed by atoms with E-state index in [9.17, 15) is 19.1 Å². The van der Waals surface area contributed by atoms with Crippen molar-refractivity contribution in [3.63, 3.8) is 0 Å². The largest absolute Gasteiger partial charge is 0.507 e. The van der Waals surface area contributed by atoms with E-state index < -0.39 is 23.5 Å². The van der Waals surface area contributed by atoms with Gasteiger partial charge in [-0.2, -0.15) is 0 Å². The number of hydrogen-bond acceptors (Lipinski definition) is 3. The molecule has 212 valence electrons. The average Bonchev–Trinajstić information content (AvgIpc) is 3.18. The minimum atomic E-state index is -0.969. The maximum atomic E-state index is 14.9. The number of aliphatic hydroxyl groups is 1. The number of benzene rings is 2. The molecule has 0 spiro atoms. The third kappa shape index (κ3) is 8.93. The molecule has 1 atom stereocenters. The highest BCUT2D eigenvalue weighted by Gasteiger charge is 2.46. The van der Waals surface area contributed by atoms with Crippen LogP contribution in [0, 0.1) is 5.82 Å². The molecule has 2 aromatic rings. The molecule has 0 aromatic heterocycles. The number of ketones is 1. The number of nitrogens with zero attached hydrogens (tertiary/aromatic N) is 1. The van der Waals surface area contributed by atoms with Gasteiger partial charge < -0.3 is 10.0 Å². The molecule has 3 rings (SSSR count). The van der Waals surface area contributed by atoms with Gasteiger partial charge in [0.2, 0.25) is 0 Å². The molecule has 1 amide bonds. The predicted octanol–water partition coefficient (Wildman–Crippen LogP) is 9.38. The number of carbonyl (C=O) groups excluding carboxylic acids is 2. The second-order valence-electron chi connectivity index (χ2n) is 10.6. The molecule has 1 heterocycles. The van der Waals surface area contributed by atoms with Crippen LogP contribution in [0.4, 0.5) is 4.39 Å². The topological polar surface area (TPSA) is 57.6 Å². The summed E-state index contributed by atoms with van der Waals surface area (Å²) in [5.74, 6) is -2.33. The van der Waals surface area contributed by atoms with Gasteiger partial charge in [0.25, 0.3) is 11.7 Å². The quantitative estimate of drug-likeness (QED) is 0.0915. The number of unbranched alkanes of at least 4 members (excludes halogenated alkanes) is 13. The Balaban J connectivity index is 1.54. The summed E-state index contributed by atoms with van der Waals surface area (Å²) in [5, 5.41) is 11.5. The first-order valence-corrected chi connectivity index (χ1v) is 15.1. The monoisotopic (exact) mass is 555 g/mol. The van der Waals surface area contributed by atoms with Crippen molar-refractivity contribution in [3.8, 4) is 0 Å². The maximum absolute atomic E-state index is 14.9. The Morgan fingerprint density at radius 3 is 1.85 bits per heavy atom. The van der Waals surface area contributed by atoms with Crippen molar-refractivity contribution >= 4 is 29.1 Å². The van der Waals surface area contributed by atoms with Gasteiger partial charge in [0.05, 0.1) is 11.6 Å². The molecule has 39 heavy (non-hydrogen) atoms. The number of halogens is 2. The molecule has 6 heteroatoms. The lowest BCUT2D eigenvalue weighted by Crippen LogP contribution is -2.31. The van der Waals surface area contributed by atoms with Crippen LogP contribution in [-0.4, -0.2) is 28.2 Å². The number of Topliss-reactive ketones (excluding diaryl/α,β-unsaturated/α-hetero) is 1. The van der Waals surface area contributed by atoms with Gasteiger partial charge in [-0.15, -0.1) is 0 Å². The van der Waals surface area contributed by atoms with Gasteiger partial charge in [0.15, 0.2) is 0 Å². The molecule has 0 bridgehead atoms. The van der Waals surface area contributed by atoms with E-state index in [2.05, 4.69) is 6.92 Å². The number of amides is 1. The standard InChI is InChI=1S/C33H43ClFNO3/c1-2-3-4-5-6-7-8-9-10-11-12-13-14-17-24-36-30(27-18-15-16-19-28(27)35)29(32(38)33(36)39)31(37)25-20-22-26(34)23-21-25/h15-16,18-23,30,37H,2-14,17,24H2,1H3/b31-29+/t30-/m1/s1. The summed E-state index contributed by atoms with van der Waals surface area (Å²) in [5.41, 5.74) is 0.477. The minimum absolute atomic E-state index is 0.0854. The van der Waals surface area contributed by atoms with Crippen LogP contribution in [0.3, 0.4) is 0 Å². The Labute approximate surface area is 238 Å². The van der Waals surface area contributed by atoms with Crippen LogP contribution < -0.4 is 0 Å². The summed E-state index contributed by atoms with van der Waals surface area (Å²) in [6.07, 6.45) is 17.1. The summed E-state index contributed by atoms with van der Waals surface area (Å²) in [6, 6.07) is 11.5. The van der Waals surface area contributed by atoms with Crippen LogP contribution in [0.5, 0.6) is 0 Å². The summed E-state index contributed by atoms with van der Waals surface area (Å²) >= 11 is 5.97. The van der Waals surface area contributed by atoms with Crippen LogP contribution >= 0.6 is 11.6 Å². The third-order valence-electron chi connectivity index (χ3n) is 7.61. The molecule has 1 fully saturated rings. The van der Waals surface area contributed by atoms with Crippen LogP contribution in [0.15, 0.2) is 54.1 Å². The van der Waals surface area contributed by atoms with Crippen LogP contribution in [-0.2, 0) is 9.59 Å². The Morgan fingerprint density at radius 1 is 0.795 bits per heavy atom. The highest BCUT2D eigenvalue weighted by molar-refractivity contribution is 6.46. The number of likely N-dealkylation sites (tertiary alicyclic amines) is 1. The SMILES string of the molecule is CCCCCCCCCCCCCCCCN1C(=O)C(=O)/C(=C(/O)c2ccc(Cl)cc2)[C@H]1c1ccccc1F. The van der Waals surface area contributed by atoms with Crippen molar-refractivity contribution in [2.45, 2.75) is 103 Å². The fourth-order valence-corrected chi connectivity index (χ4v) is 5.50. The number of carbonyl (C=O) groups is 2. The molecular weight excluding hydrogens is 513 g/mol. The Morgan fingerprint density at radius 2 is 1.31 bits per heavy atom. The summed E-state index contributed by atoms with van der Waals surface area (Å²) in [6.45, 7) is 2.58. The maximum Gasteiger partial charge on any atom is 0.295 e. The van der Waals surface area contributed by atoms with Gasteiger partial charge >= 0.3 is 0 Å². The first-order chi connectivity index (χ1) is 19.0. The van der Waals surface area contributed by atoms with Crippen LogP contribution in [0.2, 0.25) is 5.02 Å². The van der Waals surface area contributed by atoms with Gasteiger partial charge in [0.1, 0.15) is 11.6 Å². The van der Waals surface area contributed by atoms with Crippen molar-refractivity contribution in [2.24, 2.45) is 0 Å². The first kappa shape index (κ1) is 30.9. The van der Waals surface area contributed by atoms with Crippen LogP contribution in [0.25, 0.3) is 5.76 Å². The zero-order valence-electron chi connectivity index (χ0n) is 23.3. The molecule has 1 N–H and O–H groups in total. The first-order valence-electron chi connectivity index (χ1n) is 14.7. The molecule has 0 radical (unpaired) electrons. The molecule has 1 aliphatic rings. The predicted molar refractivity (Wildman–Crippen MR) is 157 cm³/mol. The lowest BCUT2D eigenvalue weighted by Gasteiger charge is -2.25.